The van der Waals surface area contributed by atoms with Crippen LogP contribution in [0.1, 0.15) is 20.8 Å². The summed E-state index contributed by atoms with van der Waals surface area (Å²) in [5.41, 5.74) is 0. The number of amides is 1. The average Bonchev–Trinajstić information content (AvgIpc) is 2.41. The van der Waals surface area contributed by atoms with Gasteiger partial charge in [-0.15, -0.1) is 11.8 Å². The van der Waals surface area contributed by atoms with E-state index < -0.39 is 8.32 Å². The van der Waals surface area contributed by atoms with Crippen LogP contribution in [-0.4, -0.2) is 44.1 Å². The van der Waals surface area contributed by atoms with Gasteiger partial charge in [0, 0.05) is 23.0 Å². The van der Waals surface area contributed by atoms with Crippen LogP contribution in [0, 0.1) is 0 Å². The highest BCUT2D eigenvalue weighted by molar-refractivity contribution is 8.00. The lowest BCUT2D eigenvalue weighted by molar-refractivity contribution is -0.137. The molecule has 0 atom stereocenters. The highest BCUT2D eigenvalue weighted by atomic mass is 35.5. The molecule has 1 fully saturated rings. The molecule has 24 heavy (non-hydrogen) atoms. The van der Waals surface area contributed by atoms with E-state index in [1.54, 1.807) is 18.2 Å². The monoisotopic (exact) mass is 405 g/mol. The maximum Gasteiger partial charge on any atom is 0.233 e. The number of hydrogen-bond donors (Lipinski definition) is 0. The first-order valence-electron chi connectivity index (χ1n) is 8.03. The fraction of sp³-hybridized carbons (Fsp3) is 0.588. The highest BCUT2D eigenvalue weighted by Gasteiger charge is 2.42. The van der Waals surface area contributed by atoms with Gasteiger partial charge in [-0.3, -0.25) is 4.79 Å². The second-order valence-electron chi connectivity index (χ2n) is 7.66. The fourth-order valence-corrected chi connectivity index (χ4v) is 4.86. The predicted octanol–water partition coefficient (Wildman–Crippen LogP) is 5.32. The summed E-state index contributed by atoms with van der Waals surface area (Å²) in [6.45, 7) is 12.6. The smallest absolute Gasteiger partial charge is 0.233 e. The van der Waals surface area contributed by atoms with Crippen LogP contribution in [0.2, 0.25) is 28.2 Å². The molecule has 2 rings (SSSR count). The van der Waals surface area contributed by atoms with Crippen LogP contribution >= 0.6 is 35.0 Å². The lowest BCUT2D eigenvalue weighted by atomic mass is 10.2. The van der Waals surface area contributed by atoms with Crippen molar-refractivity contribution in [2.24, 2.45) is 0 Å². The van der Waals surface area contributed by atoms with Gasteiger partial charge in [0.25, 0.3) is 0 Å². The van der Waals surface area contributed by atoms with E-state index in [2.05, 4.69) is 33.9 Å². The van der Waals surface area contributed by atoms with Crippen LogP contribution in [0.5, 0.6) is 0 Å². The van der Waals surface area contributed by atoms with Crippen molar-refractivity contribution in [2.75, 3.05) is 18.8 Å². The fourth-order valence-electron chi connectivity index (χ4n) is 2.13. The summed E-state index contributed by atoms with van der Waals surface area (Å²) in [4.78, 5) is 15.0. The second-order valence-corrected chi connectivity index (χ2v) is 14.3. The Balaban J connectivity index is 1.80. The lowest BCUT2D eigenvalue weighted by Gasteiger charge is -2.46. The van der Waals surface area contributed by atoms with Crippen molar-refractivity contribution in [1.82, 2.24) is 4.90 Å². The summed E-state index contributed by atoms with van der Waals surface area (Å²) < 4.78 is 6.32. The minimum atomic E-state index is -1.76. The zero-order chi connectivity index (χ0) is 18.1. The van der Waals surface area contributed by atoms with Gasteiger partial charge in [-0.2, -0.15) is 0 Å². The van der Waals surface area contributed by atoms with Crippen LogP contribution in [0.3, 0.4) is 0 Å². The van der Waals surface area contributed by atoms with Gasteiger partial charge in [0.1, 0.15) is 0 Å². The number of carbonyl (C=O) groups excluding carboxylic acids is 1. The molecule has 1 aromatic carbocycles. The highest BCUT2D eigenvalue weighted by Crippen LogP contribution is 2.38. The Kier molecular flexibility index (Phi) is 6.35. The second kappa shape index (κ2) is 7.58. The van der Waals surface area contributed by atoms with E-state index in [1.165, 1.54) is 11.8 Å². The van der Waals surface area contributed by atoms with Gasteiger partial charge in [0.2, 0.25) is 5.91 Å². The molecule has 0 bridgehead atoms. The van der Waals surface area contributed by atoms with Crippen molar-refractivity contribution >= 4 is 49.2 Å². The van der Waals surface area contributed by atoms with Crippen molar-refractivity contribution in [1.29, 1.82) is 0 Å². The summed E-state index contributed by atoms with van der Waals surface area (Å²) in [6, 6.07) is 5.29. The lowest BCUT2D eigenvalue weighted by Crippen LogP contribution is -2.59. The Labute approximate surface area is 160 Å². The molecule has 1 amide bonds. The summed E-state index contributed by atoms with van der Waals surface area (Å²) in [6.07, 6.45) is 0.176. The molecule has 1 aliphatic rings. The van der Waals surface area contributed by atoms with E-state index in [-0.39, 0.29) is 17.0 Å². The standard InChI is InChI=1S/C17H25Cl2NO2SSi/c1-17(2,3)24(4,5)22-13-9-20(10-13)16(21)11-23-15-8-12(18)6-7-14(15)19/h6-8,13H,9-11H2,1-5H3. The van der Waals surface area contributed by atoms with Crippen molar-refractivity contribution in [3.05, 3.63) is 28.2 Å². The molecule has 0 spiro atoms. The molecule has 0 aromatic heterocycles. The number of benzene rings is 1. The zero-order valence-corrected chi connectivity index (χ0v) is 18.2. The maximum atomic E-state index is 12.3. The quantitative estimate of drug-likeness (QED) is 0.490. The van der Waals surface area contributed by atoms with E-state index in [9.17, 15) is 4.79 Å². The summed E-state index contributed by atoms with van der Waals surface area (Å²) >= 11 is 13.5. The van der Waals surface area contributed by atoms with Crippen molar-refractivity contribution in [3.63, 3.8) is 0 Å². The number of halogens is 2. The van der Waals surface area contributed by atoms with Gasteiger partial charge >= 0.3 is 0 Å². The van der Waals surface area contributed by atoms with E-state index in [4.69, 9.17) is 27.6 Å². The van der Waals surface area contributed by atoms with Gasteiger partial charge < -0.3 is 9.33 Å². The Morgan fingerprint density at radius 1 is 1.33 bits per heavy atom. The van der Waals surface area contributed by atoms with Gasteiger partial charge in [-0.05, 0) is 36.3 Å². The Hall–Kier alpha value is -0.203. The summed E-state index contributed by atoms with van der Waals surface area (Å²) in [5, 5.41) is 1.44. The van der Waals surface area contributed by atoms with Gasteiger partial charge in [0.15, 0.2) is 8.32 Å². The molecule has 134 valence electrons. The van der Waals surface area contributed by atoms with Crippen LogP contribution in [0.25, 0.3) is 0 Å². The van der Waals surface area contributed by atoms with Crippen LogP contribution in [0.15, 0.2) is 23.1 Å². The van der Waals surface area contributed by atoms with E-state index in [0.29, 0.717) is 28.9 Å². The Morgan fingerprint density at radius 2 is 1.96 bits per heavy atom. The summed E-state index contributed by atoms with van der Waals surface area (Å²) in [7, 11) is -1.76. The third kappa shape index (κ3) is 4.91. The molecule has 0 saturated carbocycles. The number of carbonyl (C=O) groups is 1. The van der Waals surface area contributed by atoms with Gasteiger partial charge in [-0.25, -0.2) is 0 Å². The first-order chi connectivity index (χ1) is 11.0. The molecule has 0 unspecified atom stereocenters. The van der Waals surface area contributed by atoms with Crippen LogP contribution in [-0.2, 0) is 9.22 Å². The number of thioether (sulfide) groups is 1. The van der Waals surface area contributed by atoms with Crippen LogP contribution < -0.4 is 0 Å². The zero-order valence-electron chi connectivity index (χ0n) is 14.9. The third-order valence-corrected chi connectivity index (χ3v) is 11.0. The van der Waals surface area contributed by atoms with Gasteiger partial charge in [-0.1, -0.05) is 44.0 Å². The average molecular weight is 406 g/mol. The number of hydrogen-bond acceptors (Lipinski definition) is 3. The molecule has 0 aliphatic carbocycles. The predicted molar refractivity (Wildman–Crippen MR) is 106 cm³/mol. The van der Waals surface area contributed by atoms with Crippen LogP contribution in [0.4, 0.5) is 0 Å². The molecular weight excluding hydrogens is 381 g/mol. The third-order valence-electron chi connectivity index (χ3n) is 4.71. The van der Waals surface area contributed by atoms with Crippen molar-refractivity contribution < 1.29 is 9.22 Å². The first kappa shape index (κ1) is 20.1. The molecule has 1 aliphatic heterocycles. The molecule has 0 N–H and O–H groups in total. The Bertz CT molecular complexity index is 613. The first-order valence-corrected chi connectivity index (χ1v) is 12.7. The number of likely N-dealkylation sites (tertiary alicyclic amines) is 1. The van der Waals surface area contributed by atoms with E-state index in [0.717, 1.165) is 4.90 Å². The molecule has 7 heteroatoms. The van der Waals surface area contributed by atoms with E-state index >= 15 is 0 Å². The molecule has 1 saturated heterocycles. The number of rotatable bonds is 5. The minimum absolute atomic E-state index is 0.117. The molecule has 1 aromatic rings. The largest absolute Gasteiger partial charge is 0.410 e. The maximum absolute atomic E-state index is 12.3. The van der Waals surface area contributed by atoms with E-state index in [1.807, 2.05) is 4.90 Å². The number of nitrogens with zero attached hydrogens (tertiary/aromatic N) is 1. The minimum Gasteiger partial charge on any atom is -0.410 e. The summed E-state index contributed by atoms with van der Waals surface area (Å²) in [5.74, 6) is 0.485. The molecular formula is C17H25Cl2NO2SSi. The molecule has 0 radical (unpaired) electrons. The molecule has 1 heterocycles. The van der Waals surface area contributed by atoms with Crippen molar-refractivity contribution in [2.45, 2.75) is 49.9 Å². The molecule has 3 nitrogen and oxygen atoms in total. The van der Waals surface area contributed by atoms with Gasteiger partial charge in [0.05, 0.1) is 16.9 Å². The van der Waals surface area contributed by atoms with Crippen molar-refractivity contribution in [3.8, 4) is 0 Å². The topological polar surface area (TPSA) is 29.5 Å². The normalized spacial score (nSPS) is 16.2. The SMILES string of the molecule is CC(C)(C)[Si](C)(C)OC1CN(C(=O)CSc2cc(Cl)ccc2Cl)C1. The Morgan fingerprint density at radius 3 is 2.54 bits per heavy atom.